The molecular formula is C13H18BrClN4. The summed E-state index contributed by atoms with van der Waals surface area (Å²) in [7, 11) is 4.09. The molecule has 1 unspecified atom stereocenters. The van der Waals surface area contributed by atoms with Gasteiger partial charge in [-0.05, 0) is 31.8 Å². The van der Waals surface area contributed by atoms with Crippen molar-refractivity contribution in [2.45, 2.75) is 6.04 Å². The summed E-state index contributed by atoms with van der Waals surface area (Å²) in [6, 6.07) is 6.09. The second-order valence-electron chi connectivity index (χ2n) is 4.88. The number of halogens is 2. The second kappa shape index (κ2) is 6.11. The van der Waals surface area contributed by atoms with E-state index in [1.54, 1.807) is 0 Å². The summed E-state index contributed by atoms with van der Waals surface area (Å²) < 4.78 is 0.980. The molecule has 2 rings (SSSR count). The first-order valence-electron chi connectivity index (χ1n) is 6.15. The molecule has 1 aromatic carbocycles. The van der Waals surface area contributed by atoms with Gasteiger partial charge in [-0.15, -0.1) is 0 Å². The van der Waals surface area contributed by atoms with Crippen LogP contribution in [0.25, 0.3) is 0 Å². The minimum Gasteiger partial charge on any atom is -0.370 e. The standard InChI is InChI=1S/C13H18BrClN4/c1-18(2)5-6-19-12(8-17-13(19)16)10-4-3-9(14)7-11(10)15/h3-4,7,12H,5-6,8H2,1-2H3,(H2,16,17). The van der Waals surface area contributed by atoms with Crippen LogP contribution in [0.15, 0.2) is 27.7 Å². The SMILES string of the molecule is CN(C)CCN1C(N)=NCC1c1ccc(Br)cc1Cl. The van der Waals surface area contributed by atoms with E-state index in [0.717, 1.165) is 28.1 Å². The van der Waals surface area contributed by atoms with Crippen LogP contribution < -0.4 is 5.73 Å². The minimum absolute atomic E-state index is 0.139. The van der Waals surface area contributed by atoms with Gasteiger partial charge >= 0.3 is 0 Å². The van der Waals surface area contributed by atoms with E-state index in [1.165, 1.54) is 0 Å². The first-order chi connectivity index (χ1) is 8.99. The highest BCUT2D eigenvalue weighted by Crippen LogP contribution is 2.32. The molecule has 0 bridgehead atoms. The van der Waals surface area contributed by atoms with Crippen molar-refractivity contribution in [2.75, 3.05) is 33.7 Å². The van der Waals surface area contributed by atoms with Crippen molar-refractivity contribution < 1.29 is 0 Å². The number of guanidine groups is 1. The van der Waals surface area contributed by atoms with Gasteiger partial charge in [-0.25, -0.2) is 0 Å². The Hall–Kier alpha value is -0.780. The summed E-state index contributed by atoms with van der Waals surface area (Å²) in [4.78, 5) is 8.60. The number of nitrogens with zero attached hydrogens (tertiary/aromatic N) is 3. The van der Waals surface area contributed by atoms with Crippen LogP contribution in [0.2, 0.25) is 5.02 Å². The third-order valence-corrected chi connectivity index (χ3v) is 4.03. The Bertz CT molecular complexity index is 490. The molecule has 2 N–H and O–H groups in total. The van der Waals surface area contributed by atoms with Gasteiger partial charge in [0.25, 0.3) is 0 Å². The van der Waals surface area contributed by atoms with Gasteiger partial charge in [-0.3, -0.25) is 4.99 Å². The zero-order chi connectivity index (χ0) is 14.0. The molecule has 104 valence electrons. The Morgan fingerprint density at radius 1 is 1.53 bits per heavy atom. The number of benzene rings is 1. The highest BCUT2D eigenvalue weighted by molar-refractivity contribution is 9.10. The van der Waals surface area contributed by atoms with Gasteiger partial charge in [-0.1, -0.05) is 33.6 Å². The summed E-state index contributed by atoms with van der Waals surface area (Å²) in [5.41, 5.74) is 7.05. The van der Waals surface area contributed by atoms with E-state index in [4.69, 9.17) is 17.3 Å². The summed E-state index contributed by atoms with van der Waals surface area (Å²) >= 11 is 9.75. The monoisotopic (exact) mass is 344 g/mol. The molecule has 1 aromatic rings. The molecule has 1 atom stereocenters. The van der Waals surface area contributed by atoms with Gasteiger partial charge in [0, 0.05) is 22.6 Å². The molecular weight excluding hydrogens is 328 g/mol. The predicted molar refractivity (Wildman–Crippen MR) is 83.6 cm³/mol. The molecule has 0 saturated heterocycles. The van der Waals surface area contributed by atoms with Crippen LogP contribution in [0.4, 0.5) is 0 Å². The van der Waals surface area contributed by atoms with Gasteiger partial charge in [0.2, 0.25) is 0 Å². The Labute approximate surface area is 127 Å². The second-order valence-corrected chi connectivity index (χ2v) is 6.20. The van der Waals surface area contributed by atoms with Crippen molar-refractivity contribution in [2.24, 2.45) is 10.7 Å². The first kappa shape index (κ1) is 14.6. The number of hydrogen-bond donors (Lipinski definition) is 1. The van der Waals surface area contributed by atoms with Gasteiger partial charge in [0.15, 0.2) is 5.96 Å². The van der Waals surface area contributed by atoms with Crippen molar-refractivity contribution in [1.29, 1.82) is 0 Å². The number of hydrogen-bond acceptors (Lipinski definition) is 4. The van der Waals surface area contributed by atoms with Crippen LogP contribution in [0.1, 0.15) is 11.6 Å². The van der Waals surface area contributed by atoms with Gasteiger partial charge in [0.1, 0.15) is 0 Å². The lowest BCUT2D eigenvalue weighted by molar-refractivity contribution is 0.293. The maximum Gasteiger partial charge on any atom is 0.191 e. The van der Waals surface area contributed by atoms with E-state index < -0.39 is 0 Å². The summed E-state index contributed by atoms with van der Waals surface area (Å²) in [6.45, 7) is 2.45. The normalized spacial score (nSPS) is 19.1. The predicted octanol–water partition coefficient (Wildman–Crippen LogP) is 2.34. The Kier molecular flexibility index (Phi) is 4.71. The van der Waals surface area contributed by atoms with Crippen LogP contribution >= 0.6 is 27.5 Å². The van der Waals surface area contributed by atoms with E-state index in [9.17, 15) is 0 Å². The van der Waals surface area contributed by atoms with Crippen molar-refractivity contribution in [3.63, 3.8) is 0 Å². The van der Waals surface area contributed by atoms with Crippen LogP contribution in [0, 0.1) is 0 Å². The highest BCUT2D eigenvalue weighted by Gasteiger charge is 2.28. The first-order valence-corrected chi connectivity index (χ1v) is 7.32. The molecule has 4 nitrogen and oxygen atoms in total. The lowest BCUT2D eigenvalue weighted by Crippen LogP contribution is -2.40. The van der Waals surface area contributed by atoms with Gasteiger partial charge in [-0.2, -0.15) is 0 Å². The van der Waals surface area contributed by atoms with Crippen molar-refractivity contribution >= 4 is 33.5 Å². The third-order valence-electron chi connectivity index (χ3n) is 3.21. The maximum atomic E-state index is 6.33. The summed E-state index contributed by atoms with van der Waals surface area (Å²) in [5, 5.41) is 0.749. The lowest BCUT2D eigenvalue weighted by Gasteiger charge is -2.28. The highest BCUT2D eigenvalue weighted by atomic mass is 79.9. The summed E-state index contributed by atoms with van der Waals surface area (Å²) in [6.07, 6.45) is 0. The largest absolute Gasteiger partial charge is 0.370 e. The molecule has 6 heteroatoms. The number of aliphatic imine (C=N–C) groups is 1. The number of nitrogens with two attached hydrogens (primary N) is 1. The van der Waals surface area contributed by atoms with E-state index in [0.29, 0.717) is 12.5 Å². The van der Waals surface area contributed by atoms with Gasteiger partial charge in [0.05, 0.1) is 12.6 Å². The molecule has 0 saturated carbocycles. The average Bonchev–Trinajstić information content (AvgIpc) is 2.68. The lowest BCUT2D eigenvalue weighted by atomic mass is 10.1. The minimum atomic E-state index is 0.139. The Morgan fingerprint density at radius 2 is 2.26 bits per heavy atom. The fourth-order valence-corrected chi connectivity index (χ4v) is 2.94. The van der Waals surface area contributed by atoms with E-state index in [-0.39, 0.29) is 6.04 Å². The fourth-order valence-electron chi connectivity index (χ4n) is 2.15. The topological polar surface area (TPSA) is 44.9 Å². The zero-order valence-corrected chi connectivity index (χ0v) is 13.4. The van der Waals surface area contributed by atoms with Crippen molar-refractivity contribution in [3.05, 3.63) is 33.3 Å². The molecule has 1 aliphatic rings. The van der Waals surface area contributed by atoms with E-state index in [2.05, 4.69) is 30.7 Å². The van der Waals surface area contributed by atoms with Gasteiger partial charge < -0.3 is 15.5 Å². The van der Waals surface area contributed by atoms with E-state index in [1.807, 2.05) is 32.3 Å². The molecule has 0 fully saturated rings. The molecule has 0 aliphatic carbocycles. The van der Waals surface area contributed by atoms with Crippen LogP contribution in [0.5, 0.6) is 0 Å². The zero-order valence-electron chi connectivity index (χ0n) is 11.1. The molecule has 19 heavy (non-hydrogen) atoms. The molecule has 0 spiro atoms. The molecule has 0 aromatic heterocycles. The number of likely N-dealkylation sites (N-methyl/N-ethyl adjacent to an activating group) is 1. The Morgan fingerprint density at radius 3 is 2.89 bits per heavy atom. The molecule has 1 heterocycles. The number of rotatable bonds is 4. The molecule has 0 amide bonds. The summed E-state index contributed by atoms with van der Waals surface area (Å²) in [5.74, 6) is 0.603. The van der Waals surface area contributed by atoms with Crippen molar-refractivity contribution in [3.8, 4) is 0 Å². The van der Waals surface area contributed by atoms with Crippen LogP contribution in [-0.4, -0.2) is 49.5 Å². The maximum absolute atomic E-state index is 6.33. The van der Waals surface area contributed by atoms with E-state index >= 15 is 0 Å². The van der Waals surface area contributed by atoms with Crippen LogP contribution in [-0.2, 0) is 0 Å². The smallest absolute Gasteiger partial charge is 0.191 e. The van der Waals surface area contributed by atoms with Crippen LogP contribution in [0.3, 0.4) is 0 Å². The quantitative estimate of drug-likeness (QED) is 0.911. The molecule has 0 radical (unpaired) electrons. The fraction of sp³-hybridized carbons (Fsp3) is 0.462. The van der Waals surface area contributed by atoms with Crippen molar-refractivity contribution in [1.82, 2.24) is 9.80 Å². The average molecular weight is 346 g/mol. The molecule has 1 aliphatic heterocycles. The Balaban J connectivity index is 2.19. The third kappa shape index (κ3) is 3.41.